The van der Waals surface area contributed by atoms with E-state index in [1.54, 1.807) is 18.3 Å². The summed E-state index contributed by atoms with van der Waals surface area (Å²) in [5.74, 6) is 0.185. The molecule has 2 aliphatic rings. The molecule has 4 nitrogen and oxygen atoms in total. The van der Waals surface area contributed by atoms with Gasteiger partial charge >= 0.3 is 0 Å². The molecule has 1 saturated heterocycles. The second-order valence-electron chi connectivity index (χ2n) is 6.10. The van der Waals surface area contributed by atoms with Gasteiger partial charge in [-0.15, -0.1) is 12.4 Å². The molecule has 2 atom stereocenters. The Morgan fingerprint density at radius 2 is 2.00 bits per heavy atom. The van der Waals surface area contributed by atoms with E-state index in [9.17, 15) is 8.42 Å². The summed E-state index contributed by atoms with van der Waals surface area (Å²) in [6.45, 7) is 3.81. The molecule has 6 heteroatoms. The lowest BCUT2D eigenvalue weighted by atomic mass is 9.85. The molecule has 1 aromatic carbocycles. The molecule has 0 radical (unpaired) electrons. The predicted molar refractivity (Wildman–Crippen MR) is 92.0 cm³/mol. The number of rotatable bonds is 3. The van der Waals surface area contributed by atoms with Gasteiger partial charge in [0.15, 0.2) is 0 Å². The first-order chi connectivity index (χ1) is 10.0. The molecule has 124 valence electrons. The van der Waals surface area contributed by atoms with Crippen molar-refractivity contribution in [3.63, 3.8) is 0 Å². The summed E-state index contributed by atoms with van der Waals surface area (Å²) < 4.78 is 25.8. The lowest BCUT2D eigenvalue weighted by Crippen LogP contribution is -2.49. The molecule has 0 unspecified atom stereocenters. The molecule has 0 aliphatic carbocycles. The number of sulfonamides is 1. The quantitative estimate of drug-likeness (QED) is 0.845. The highest BCUT2D eigenvalue weighted by molar-refractivity contribution is 7.89. The van der Waals surface area contributed by atoms with Gasteiger partial charge in [-0.2, -0.15) is 0 Å². The zero-order valence-corrected chi connectivity index (χ0v) is 14.9. The average Bonchev–Trinajstić information content (AvgIpc) is 2.53. The van der Waals surface area contributed by atoms with Gasteiger partial charge in [0.2, 0.25) is 10.0 Å². The Hall–Kier alpha value is -0.620. The van der Waals surface area contributed by atoms with Crippen molar-refractivity contribution >= 4 is 22.4 Å². The van der Waals surface area contributed by atoms with E-state index >= 15 is 0 Å². The molecule has 1 fully saturated rings. The van der Waals surface area contributed by atoms with Crippen LogP contribution in [0.2, 0.25) is 0 Å². The highest BCUT2D eigenvalue weighted by Crippen LogP contribution is 2.38. The van der Waals surface area contributed by atoms with E-state index in [1.807, 2.05) is 0 Å². The lowest BCUT2D eigenvalue weighted by Gasteiger charge is -2.45. The van der Waals surface area contributed by atoms with Gasteiger partial charge < -0.3 is 0 Å². The number of benzene rings is 1. The van der Waals surface area contributed by atoms with Crippen LogP contribution in [-0.2, 0) is 16.4 Å². The second kappa shape index (κ2) is 6.87. The molecule has 3 rings (SSSR count). The van der Waals surface area contributed by atoms with Gasteiger partial charge in [0.25, 0.3) is 0 Å². The van der Waals surface area contributed by atoms with Crippen LogP contribution in [0, 0.1) is 0 Å². The van der Waals surface area contributed by atoms with Crippen LogP contribution in [0.25, 0.3) is 0 Å². The summed E-state index contributed by atoms with van der Waals surface area (Å²) >= 11 is 0. The van der Waals surface area contributed by atoms with Crippen molar-refractivity contribution in [3.8, 4) is 0 Å². The number of nitrogens with zero attached hydrogens (tertiary/aromatic N) is 2. The topological polar surface area (TPSA) is 40.6 Å². The van der Waals surface area contributed by atoms with Gasteiger partial charge in [0, 0.05) is 32.2 Å². The fourth-order valence-corrected chi connectivity index (χ4v) is 4.75. The van der Waals surface area contributed by atoms with E-state index in [0.717, 1.165) is 32.4 Å². The van der Waals surface area contributed by atoms with E-state index in [-0.39, 0.29) is 24.2 Å². The summed E-state index contributed by atoms with van der Waals surface area (Å²) in [4.78, 5) is 2.52. The molecule has 1 aromatic rings. The molecule has 0 bridgehead atoms. The lowest BCUT2D eigenvalue weighted by molar-refractivity contribution is 0.0970. The molecule has 0 aromatic heterocycles. The molecule has 22 heavy (non-hydrogen) atoms. The zero-order valence-electron chi connectivity index (χ0n) is 13.2. The van der Waals surface area contributed by atoms with Crippen molar-refractivity contribution in [2.75, 3.05) is 25.9 Å². The van der Waals surface area contributed by atoms with Crippen molar-refractivity contribution in [2.24, 2.45) is 0 Å². The zero-order chi connectivity index (χ0) is 15.0. The fourth-order valence-electron chi connectivity index (χ4n) is 3.70. The van der Waals surface area contributed by atoms with Crippen molar-refractivity contribution in [1.29, 1.82) is 0 Å². The highest BCUT2D eigenvalue weighted by atomic mass is 35.5. The summed E-state index contributed by atoms with van der Waals surface area (Å²) in [5.41, 5.74) is 2.83. The van der Waals surface area contributed by atoms with Crippen LogP contribution in [-0.4, -0.2) is 49.6 Å². The number of hydrogen-bond acceptors (Lipinski definition) is 3. The third-order valence-electron chi connectivity index (χ3n) is 5.09. The Morgan fingerprint density at radius 1 is 1.27 bits per heavy atom. The van der Waals surface area contributed by atoms with Gasteiger partial charge in [-0.1, -0.05) is 24.3 Å². The Morgan fingerprint density at radius 3 is 2.73 bits per heavy atom. The second-order valence-corrected chi connectivity index (χ2v) is 8.41. The van der Waals surface area contributed by atoms with E-state index < -0.39 is 10.0 Å². The normalized spacial score (nSPS) is 25.2. The van der Waals surface area contributed by atoms with Gasteiger partial charge in [-0.05, 0) is 37.3 Å². The molecular formula is C16H25ClN2O2S. The first kappa shape index (κ1) is 17.7. The van der Waals surface area contributed by atoms with Gasteiger partial charge in [-0.3, -0.25) is 4.90 Å². The van der Waals surface area contributed by atoms with Gasteiger partial charge in [0.05, 0.1) is 5.75 Å². The Labute approximate surface area is 140 Å². The number of hydrogen-bond donors (Lipinski definition) is 0. The van der Waals surface area contributed by atoms with E-state index in [1.165, 1.54) is 11.1 Å². The van der Waals surface area contributed by atoms with Crippen molar-refractivity contribution in [2.45, 2.75) is 38.3 Å². The molecule has 0 saturated carbocycles. The standard InChI is InChI=1S/C16H24N2O2S.ClH/c1-3-21(19,20)17(2)14-9-11-18-10-8-13-6-4-5-7-15(13)16(18)12-14;/h4-7,14,16H,3,8-12H2,1-2H3;1H/t14-,16+;/m1./s1. The van der Waals surface area contributed by atoms with Crippen molar-refractivity contribution in [1.82, 2.24) is 9.21 Å². The van der Waals surface area contributed by atoms with Crippen LogP contribution in [0.1, 0.15) is 36.9 Å². The summed E-state index contributed by atoms with van der Waals surface area (Å²) in [6.07, 6.45) is 2.96. The molecule has 2 aliphatic heterocycles. The Balaban J connectivity index is 0.00000176. The largest absolute Gasteiger partial charge is 0.296 e. The first-order valence-electron chi connectivity index (χ1n) is 7.80. The molecule has 2 heterocycles. The minimum Gasteiger partial charge on any atom is -0.296 e. The average molecular weight is 345 g/mol. The van der Waals surface area contributed by atoms with Crippen LogP contribution < -0.4 is 0 Å². The van der Waals surface area contributed by atoms with Crippen molar-refractivity contribution in [3.05, 3.63) is 35.4 Å². The Bertz CT molecular complexity index is 620. The maximum Gasteiger partial charge on any atom is 0.213 e. The SMILES string of the molecule is CCS(=O)(=O)N(C)[C@@H]1CCN2CCc3ccccc3[C@@H]2C1.Cl. The van der Waals surface area contributed by atoms with Crippen LogP contribution in [0.4, 0.5) is 0 Å². The predicted octanol–water partition coefficient (Wildman–Crippen LogP) is 2.45. The van der Waals surface area contributed by atoms with Gasteiger partial charge in [0.1, 0.15) is 0 Å². The van der Waals surface area contributed by atoms with Crippen LogP contribution >= 0.6 is 12.4 Å². The van der Waals surface area contributed by atoms with E-state index in [4.69, 9.17) is 0 Å². The minimum atomic E-state index is -3.10. The Kier molecular flexibility index (Phi) is 5.54. The smallest absolute Gasteiger partial charge is 0.213 e. The first-order valence-corrected chi connectivity index (χ1v) is 9.41. The summed E-state index contributed by atoms with van der Waals surface area (Å²) in [5, 5.41) is 0. The maximum absolute atomic E-state index is 12.1. The van der Waals surface area contributed by atoms with Crippen LogP contribution in [0.15, 0.2) is 24.3 Å². The van der Waals surface area contributed by atoms with Crippen LogP contribution in [0.5, 0.6) is 0 Å². The molecule has 0 amide bonds. The number of halogens is 1. The number of piperidine rings is 1. The molecular weight excluding hydrogens is 320 g/mol. The van der Waals surface area contributed by atoms with E-state index in [0.29, 0.717) is 6.04 Å². The fraction of sp³-hybridized carbons (Fsp3) is 0.625. The molecule has 0 spiro atoms. The third kappa shape index (κ3) is 3.18. The molecule has 0 N–H and O–H groups in total. The summed E-state index contributed by atoms with van der Waals surface area (Å²) in [7, 11) is -1.35. The highest BCUT2D eigenvalue weighted by Gasteiger charge is 2.37. The van der Waals surface area contributed by atoms with Crippen molar-refractivity contribution < 1.29 is 8.42 Å². The third-order valence-corrected chi connectivity index (χ3v) is 6.99. The maximum atomic E-state index is 12.1. The minimum absolute atomic E-state index is 0. The van der Waals surface area contributed by atoms with Gasteiger partial charge in [-0.25, -0.2) is 12.7 Å². The van der Waals surface area contributed by atoms with Crippen LogP contribution in [0.3, 0.4) is 0 Å². The monoisotopic (exact) mass is 344 g/mol. The number of fused-ring (bicyclic) bond motifs is 3. The summed E-state index contributed by atoms with van der Waals surface area (Å²) in [6, 6.07) is 9.12. The van der Waals surface area contributed by atoms with E-state index in [2.05, 4.69) is 29.2 Å².